The molecular weight excluding hydrogens is 341 g/mol. The quantitative estimate of drug-likeness (QED) is 0.600. The number of hydrogen-bond donors (Lipinski definition) is 1. The molecule has 0 fully saturated rings. The highest BCUT2D eigenvalue weighted by Crippen LogP contribution is 2.52. The Morgan fingerprint density at radius 3 is 2.92 bits per heavy atom. The van der Waals surface area contributed by atoms with E-state index in [1.807, 2.05) is 6.07 Å². The molecule has 0 saturated heterocycles. The van der Waals surface area contributed by atoms with E-state index in [2.05, 4.69) is 17.5 Å². The number of halogens is 2. The SMILES string of the molecule is COC(=O)c1ccc(Cl)c2c1C1C=CCC1C(c1cccc(F)c1)N2. The molecule has 4 rings (SSSR count). The number of carbonyl (C=O) groups excluding carboxylic acids is 1. The minimum absolute atomic E-state index is 0.0392. The number of nitrogens with one attached hydrogen (secondary N) is 1. The van der Waals surface area contributed by atoms with Crippen LogP contribution >= 0.6 is 11.6 Å². The van der Waals surface area contributed by atoms with Crippen LogP contribution in [0.25, 0.3) is 0 Å². The van der Waals surface area contributed by atoms with Gasteiger partial charge in [0.1, 0.15) is 5.82 Å². The predicted molar refractivity (Wildman–Crippen MR) is 95.5 cm³/mol. The van der Waals surface area contributed by atoms with Crippen molar-refractivity contribution < 1.29 is 13.9 Å². The molecule has 2 aromatic rings. The van der Waals surface area contributed by atoms with Crippen LogP contribution < -0.4 is 5.32 Å². The second-order valence-corrected chi connectivity index (χ2v) is 6.81. The average molecular weight is 358 g/mol. The Morgan fingerprint density at radius 2 is 2.16 bits per heavy atom. The van der Waals surface area contributed by atoms with E-state index in [4.69, 9.17) is 16.3 Å². The van der Waals surface area contributed by atoms with Crippen molar-refractivity contribution in [1.82, 2.24) is 0 Å². The molecule has 25 heavy (non-hydrogen) atoms. The third kappa shape index (κ3) is 2.61. The molecular formula is C20H17ClFNO2. The lowest BCUT2D eigenvalue weighted by molar-refractivity contribution is 0.0598. The van der Waals surface area contributed by atoms with Gasteiger partial charge in [0.15, 0.2) is 0 Å². The van der Waals surface area contributed by atoms with Gasteiger partial charge in [-0.2, -0.15) is 0 Å². The van der Waals surface area contributed by atoms with Gasteiger partial charge in [0.05, 0.1) is 29.4 Å². The molecule has 2 aliphatic rings. The van der Waals surface area contributed by atoms with E-state index in [-0.39, 0.29) is 29.7 Å². The van der Waals surface area contributed by atoms with Gasteiger partial charge in [-0.25, -0.2) is 9.18 Å². The average Bonchev–Trinajstić information content (AvgIpc) is 3.10. The largest absolute Gasteiger partial charge is 0.465 e. The van der Waals surface area contributed by atoms with Gasteiger partial charge < -0.3 is 10.1 Å². The molecule has 0 radical (unpaired) electrons. The molecule has 1 N–H and O–H groups in total. The topological polar surface area (TPSA) is 38.3 Å². The van der Waals surface area contributed by atoms with Gasteiger partial charge in [-0.05, 0) is 47.7 Å². The number of anilines is 1. The molecule has 1 aliphatic carbocycles. The third-order valence-corrected chi connectivity index (χ3v) is 5.40. The van der Waals surface area contributed by atoms with E-state index < -0.39 is 0 Å². The number of ether oxygens (including phenoxy) is 1. The minimum Gasteiger partial charge on any atom is -0.465 e. The zero-order valence-corrected chi connectivity index (χ0v) is 14.4. The van der Waals surface area contributed by atoms with E-state index in [0.29, 0.717) is 10.6 Å². The summed E-state index contributed by atoms with van der Waals surface area (Å²) in [4.78, 5) is 12.2. The number of allylic oxidation sites excluding steroid dienone is 2. The number of carbonyl (C=O) groups is 1. The van der Waals surface area contributed by atoms with Crippen LogP contribution in [0.1, 0.15) is 39.9 Å². The van der Waals surface area contributed by atoms with Crippen LogP contribution in [0.15, 0.2) is 48.6 Å². The lowest BCUT2D eigenvalue weighted by atomic mass is 9.75. The smallest absolute Gasteiger partial charge is 0.338 e. The number of methoxy groups -OCH3 is 1. The van der Waals surface area contributed by atoms with Gasteiger partial charge in [-0.1, -0.05) is 35.9 Å². The third-order valence-electron chi connectivity index (χ3n) is 5.08. The van der Waals surface area contributed by atoms with Crippen LogP contribution in [0.3, 0.4) is 0 Å². The molecule has 0 bridgehead atoms. The Labute approximate surface area is 150 Å². The van der Waals surface area contributed by atoms with Gasteiger partial charge in [0.25, 0.3) is 0 Å². The number of esters is 1. The van der Waals surface area contributed by atoms with E-state index in [0.717, 1.165) is 23.2 Å². The summed E-state index contributed by atoms with van der Waals surface area (Å²) in [6.07, 6.45) is 5.07. The van der Waals surface area contributed by atoms with Gasteiger partial charge in [0.2, 0.25) is 0 Å². The van der Waals surface area contributed by atoms with Crippen LogP contribution in [0.5, 0.6) is 0 Å². The van der Waals surface area contributed by atoms with Crippen molar-refractivity contribution in [1.29, 1.82) is 0 Å². The van der Waals surface area contributed by atoms with E-state index in [1.54, 1.807) is 24.3 Å². The van der Waals surface area contributed by atoms with Crippen molar-refractivity contribution in [2.75, 3.05) is 12.4 Å². The molecule has 2 aromatic carbocycles. The zero-order chi connectivity index (χ0) is 17.6. The maximum absolute atomic E-state index is 13.7. The molecule has 0 amide bonds. The van der Waals surface area contributed by atoms with E-state index >= 15 is 0 Å². The first kappa shape index (κ1) is 16.2. The fourth-order valence-corrected chi connectivity index (χ4v) is 4.21. The normalized spacial score (nSPS) is 23.6. The first-order valence-corrected chi connectivity index (χ1v) is 8.57. The van der Waals surface area contributed by atoms with Crippen LogP contribution in [0.2, 0.25) is 5.02 Å². The molecule has 3 nitrogen and oxygen atoms in total. The Kier molecular flexibility index (Phi) is 4.00. The van der Waals surface area contributed by atoms with Crippen molar-refractivity contribution in [3.05, 3.63) is 76.1 Å². The minimum atomic E-state index is -0.377. The molecule has 0 spiro atoms. The molecule has 0 saturated carbocycles. The predicted octanol–water partition coefficient (Wildman–Crippen LogP) is 5.09. The van der Waals surface area contributed by atoms with Crippen molar-refractivity contribution in [2.45, 2.75) is 18.4 Å². The first-order valence-electron chi connectivity index (χ1n) is 8.19. The van der Waals surface area contributed by atoms with Crippen LogP contribution in [-0.2, 0) is 4.74 Å². The molecule has 128 valence electrons. The summed E-state index contributed by atoms with van der Waals surface area (Å²) in [6, 6.07) is 9.95. The monoisotopic (exact) mass is 357 g/mol. The number of fused-ring (bicyclic) bond motifs is 3. The molecule has 3 atom stereocenters. The van der Waals surface area contributed by atoms with Crippen molar-refractivity contribution in [3.8, 4) is 0 Å². The van der Waals surface area contributed by atoms with Gasteiger partial charge in [0, 0.05) is 5.92 Å². The Balaban J connectivity index is 1.87. The maximum Gasteiger partial charge on any atom is 0.338 e. The zero-order valence-electron chi connectivity index (χ0n) is 13.6. The van der Waals surface area contributed by atoms with Crippen LogP contribution in [-0.4, -0.2) is 13.1 Å². The highest BCUT2D eigenvalue weighted by atomic mass is 35.5. The molecule has 0 aromatic heterocycles. The number of rotatable bonds is 2. The van der Waals surface area contributed by atoms with Gasteiger partial charge >= 0.3 is 5.97 Å². The molecule has 5 heteroatoms. The Morgan fingerprint density at radius 1 is 1.32 bits per heavy atom. The summed E-state index contributed by atoms with van der Waals surface area (Å²) in [7, 11) is 1.37. The summed E-state index contributed by atoms with van der Waals surface area (Å²) in [5, 5.41) is 4.00. The number of hydrogen-bond acceptors (Lipinski definition) is 3. The standard InChI is InChI=1S/C20H17ClFNO2/c1-25-20(24)15-8-9-16(21)19-17(15)13-6-3-7-14(13)18(23-19)11-4-2-5-12(22)10-11/h2-6,8-10,13-14,18,23H,7H2,1H3. The van der Waals surface area contributed by atoms with Gasteiger partial charge in [-0.15, -0.1) is 0 Å². The Bertz CT molecular complexity index is 880. The summed E-state index contributed by atoms with van der Waals surface area (Å²) >= 11 is 6.42. The molecule has 3 unspecified atom stereocenters. The van der Waals surface area contributed by atoms with Crippen LogP contribution in [0.4, 0.5) is 10.1 Å². The molecule has 1 aliphatic heterocycles. The van der Waals surface area contributed by atoms with Gasteiger partial charge in [-0.3, -0.25) is 0 Å². The molecule has 1 heterocycles. The lowest BCUT2D eigenvalue weighted by Gasteiger charge is -2.38. The van der Waals surface area contributed by atoms with Crippen molar-refractivity contribution >= 4 is 23.3 Å². The lowest BCUT2D eigenvalue weighted by Crippen LogP contribution is -2.30. The second-order valence-electron chi connectivity index (χ2n) is 6.41. The number of benzene rings is 2. The highest BCUT2D eigenvalue weighted by Gasteiger charge is 2.41. The van der Waals surface area contributed by atoms with Crippen molar-refractivity contribution in [2.24, 2.45) is 5.92 Å². The van der Waals surface area contributed by atoms with Crippen LogP contribution in [0, 0.1) is 11.7 Å². The summed E-state index contributed by atoms with van der Waals surface area (Å²) < 4.78 is 18.7. The highest BCUT2D eigenvalue weighted by molar-refractivity contribution is 6.33. The summed E-state index contributed by atoms with van der Waals surface area (Å²) in [5.74, 6) is -0.409. The summed E-state index contributed by atoms with van der Waals surface area (Å²) in [5.41, 5.74) is 3.00. The maximum atomic E-state index is 13.7. The van der Waals surface area contributed by atoms with Crippen molar-refractivity contribution in [3.63, 3.8) is 0 Å². The summed E-state index contributed by atoms with van der Waals surface area (Å²) in [6.45, 7) is 0. The fraction of sp³-hybridized carbons (Fsp3) is 0.250. The fourth-order valence-electron chi connectivity index (χ4n) is 3.99. The first-order chi connectivity index (χ1) is 12.1. The van der Waals surface area contributed by atoms with E-state index in [1.165, 1.54) is 13.2 Å². The van der Waals surface area contributed by atoms with E-state index in [9.17, 15) is 9.18 Å². The Hall–Kier alpha value is -2.33. The second kappa shape index (κ2) is 6.19.